The molecule has 0 fully saturated rings. The fourth-order valence-electron chi connectivity index (χ4n) is 2.29. The van der Waals surface area contributed by atoms with Gasteiger partial charge in [0.2, 0.25) is 9.54 Å². The summed E-state index contributed by atoms with van der Waals surface area (Å²) in [7, 11) is 0. The Bertz CT molecular complexity index is 896. The molecule has 0 unspecified atom stereocenters. The Hall–Kier alpha value is -2.19. The van der Waals surface area contributed by atoms with Crippen LogP contribution in [0, 0.1) is 23.4 Å². The molecule has 0 radical (unpaired) electrons. The lowest BCUT2D eigenvalue weighted by Gasteiger charge is -2.06. The van der Waals surface area contributed by atoms with E-state index in [1.54, 1.807) is 12.5 Å². The van der Waals surface area contributed by atoms with Crippen molar-refractivity contribution in [3.05, 3.63) is 56.7 Å². The third-order valence-electron chi connectivity index (χ3n) is 3.48. The highest BCUT2D eigenvalue weighted by molar-refractivity contribution is 7.72. The van der Waals surface area contributed by atoms with Gasteiger partial charge in [-0.2, -0.15) is 9.78 Å². The molecule has 0 atom stereocenters. The summed E-state index contributed by atoms with van der Waals surface area (Å²) >= 11 is 10.2. The van der Waals surface area contributed by atoms with E-state index in [0.717, 1.165) is 22.7 Å². The van der Waals surface area contributed by atoms with Crippen LogP contribution in [0.25, 0.3) is 0 Å². The lowest BCUT2D eigenvalue weighted by atomic mass is 10.3. The molecule has 22 heavy (non-hydrogen) atoms. The number of hydrogen-bond acceptors (Lipinski definition) is 4. The van der Waals surface area contributed by atoms with Crippen LogP contribution >= 0.6 is 24.4 Å². The topological polar surface area (TPSA) is 66.9 Å². The van der Waals surface area contributed by atoms with Crippen LogP contribution in [0.3, 0.4) is 0 Å². The molecule has 3 aromatic heterocycles. The maximum absolute atomic E-state index is 5.41. The van der Waals surface area contributed by atoms with E-state index < -0.39 is 0 Å². The van der Waals surface area contributed by atoms with E-state index in [4.69, 9.17) is 28.9 Å². The number of hydrogen-bond donors (Lipinski definition) is 2. The van der Waals surface area contributed by atoms with E-state index in [2.05, 4.69) is 39.8 Å². The van der Waals surface area contributed by atoms with Crippen molar-refractivity contribution in [3.8, 4) is 0 Å². The summed E-state index contributed by atoms with van der Waals surface area (Å²) in [6.45, 7) is 4.80. The third-order valence-corrected chi connectivity index (χ3v) is 4.03. The Labute approximate surface area is 137 Å². The number of aryl methyl sites for hydroxylation is 1. The summed E-state index contributed by atoms with van der Waals surface area (Å²) in [5.41, 5.74) is 3.26. The van der Waals surface area contributed by atoms with Gasteiger partial charge in [-0.1, -0.05) is 0 Å². The number of rotatable bonds is 4. The predicted molar refractivity (Wildman–Crippen MR) is 89.5 cm³/mol. The molecular weight excluding hydrogens is 318 g/mol. The Morgan fingerprint density at radius 2 is 2.00 bits per heavy atom. The average Bonchev–Trinajstić information content (AvgIpc) is 3.17. The minimum atomic E-state index is 0.436. The van der Waals surface area contributed by atoms with E-state index in [9.17, 15) is 0 Å². The molecular formula is C14H15N5OS2. The summed E-state index contributed by atoms with van der Waals surface area (Å²) in [5, 5.41) is 9.83. The molecule has 0 spiro atoms. The van der Waals surface area contributed by atoms with E-state index in [1.807, 2.05) is 12.1 Å². The van der Waals surface area contributed by atoms with Crippen LogP contribution < -0.4 is 0 Å². The highest BCUT2D eigenvalue weighted by atomic mass is 32.1. The predicted octanol–water partition coefficient (Wildman–Crippen LogP) is 3.55. The van der Waals surface area contributed by atoms with Crippen molar-refractivity contribution in [2.24, 2.45) is 5.10 Å². The molecule has 6 nitrogen and oxygen atoms in total. The second-order valence-electron chi connectivity index (χ2n) is 4.91. The van der Waals surface area contributed by atoms with Crippen LogP contribution in [0.1, 0.15) is 22.7 Å². The number of aromatic nitrogens is 4. The molecule has 0 bridgehead atoms. The maximum Gasteiger partial charge on any atom is 0.215 e. The highest BCUT2D eigenvalue weighted by Gasteiger charge is 2.09. The monoisotopic (exact) mass is 333 g/mol. The van der Waals surface area contributed by atoms with Gasteiger partial charge in [-0.3, -0.25) is 10.2 Å². The second-order valence-corrected chi connectivity index (χ2v) is 5.68. The SMILES string of the molecule is Cc1cc(/C=N\n2c(=S)[nH][nH]c2=S)c(C)n1Cc1ccco1. The van der Waals surface area contributed by atoms with Crippen LogP contribution in [-0.2, 0) is 6.54 Å². The van der Waals surface area contributed by atoms with Gasteiger partial charge in [-0.15, -0.1) is 0 Å². The van der Waals surface area contributed by atoms with Gasteiger partial charge in [0.25, 0.3) is 0 Å². The number of nitrogens with zero attached hydrogens (tertiary/aromatic N) is 3. The van der Waals surface area contributed by atoms with Crippen molar-refractivity contribution < 1.29 is 4.42 Å². The zero-order chi connectivity index (χ0) is 15.7. The summed E-state index contributed by atoms with van der Waals surface area (Å²) < 4.78 is 9.94. The third kappa shape index (κ3) is 2.75. The van der Waals surface area contributed by atoms with E-state index >= 15 is 0 Å². The average molecular weight is 333 g/mol. The number of furan rings is 1. The van der Waals surface area contributed by atoms with Gasteiger partial charge in [0, 0.05) is 17.0 Å². The fraction of sp³-hybridized carbons (Fsp3) is 0.214. The minimum absolute atomic E-state index is 0.436. The quantitative estimate of drug-likeness (QED) is 0.567. The maximum atomic E-state index is 5.41. The van der Waals surface area contributed by atoms with Gasteiger partial charge < -0.3 is 8.98 Å². The number of aromatic amines is 2. The van der Waals surface area contributed by atoms with E-state index in [0.29, 0.717) is 16.1 Å². The summed E-state index contributed by atoms with van der Waals surface area (Å²) in [6, 6.07) is 5.93. The lowest BCUT2D eigenvalue weighted by molar-refractivity contribution is 0.489. The van der Waals surface area contributed by atoms with Crippen molar-refractivity contribution in [1.29, 1.82) is 0 Å². The molecule has 0 aliphatic heterocycles. The van der Waals surface area contributed by atoms with Crippen LogP contribution in [0.5, 0.6) is 0 Å². The second kappa shape index (κ2) is 5.90. The Balaban J connectivity index is 1.93. The molecule has 0 aromatic carbocycles. The fourth-order valence-corrected chi connectivity index (χ4v) is 2.73. The van der Waals surface area contributed by atoms with Crippen LogP contribution in [0.4, 0.5) is 0 Å². The van der Waals surface area contributed by atoms with Crippen molar-refractivity contribution in [2.45, 2.75) is 20.4 Å². The smallest absolute Gasteiger partial charge is 0.215 e. The standard InChI is InChI=1S/C14H15N5OS2/c1-9-6-11(7-15-19-13(21)16-17-14(19)22)10(2)18(9)8-12-4-3-5-20-12/h3-7H,8H2,1-2H3,(H,16,21)(H,17,22)/b15-7-. The summed E-state index contributed by atoms with van der Waals surface area (Å²) in [4.78, 5) is 0. The first-order chi connectivity index (χ1) is 10.6. The molecule has 3 rings (SSSR count). The molecule has 114 valence electrons. The molecule has 0 saturated carbocycles. The van der Waals surface area contributed by atoms with Gasteiger partial charge in [0.15, 0.2) is 0 Å². The van der Waals surface area contributed by atoms with Crippen molar-refractivity contribution in [3.63, 3.8) is 0 Å². The highest BCUT2D eigenvalue weighted by Crippen LogP contribution is 2.16. The Morgan fingerprint density at radius 3 is 2.64 bits per heavy atom. The number of H-pyrrole nitrogens is 2. The zero-order valence-electron chi connectivity index (χ0n) is 12.2. The van der Waals surface area contributed by atoms with Crippen molar-refractivity contribution >= 4 is 30.7 Å². The van der Waals surface area contributed by atoms with Gasteiger partial charge >= 0.3 is 0 Å². The molecule has 0 aliphatic rings. The van der Waals surface area contributed by atoms with Gasteiger partial charge in [-0.25, -0.2) is 0 Å². The van der Waals surface area contributed by atoms with E-state index in [1.165, 1.54) is 4.68 Å². The minimum Gasteiger partial charge on any atom is -0.467 e. The first-order valence-corrected chi connectivity index (χ1v) is 7.51. The molecule has 0 aliphatic carbocycles. The number of nitrogens with one attached hydrogen (secondary N) is 2. The largest absolute Gasteiger partial charge is 0.467 e. The first-order valence-electron chi connectivity index (χ1n) is 6.69. The normalized spacial score (nSPS) is 11.5. The molecule has 2 N–H and O–H groups in total. The molecule has 3 heterocycles. The molecule has 0 saturated heterocycles. The van der Waals surface area contributed by atoms with Gasteiger partial charge in [-0.05, 0) is 56.5 Å². The van der Waals surface area contributed by atoms with Crippen LogP contribution in [-0.4, -0.2) is 25.7 Å². The summed E-state index contributed by atoms with van der Waals surface area (Å²) in [6.07, 6.45) is 3.44. The summed E-state index contributed by atoms with van der Waals surface area (Å²) in [5.74, 6) is 0.917. The molecule has 3 aromatic rings. The Kier molecular flexibility index (Phi) is 3.95. The van der Waals surface area contributed by atoms with Crippen molar-refractivity contribution in [2.75, 3.05) is 0 Å². The van der Waals surface area contributed by atoms with Crippen molar-refractivity contribution in [1.82, 2.24) is 19.4 Å². The first kappa shape index (κ1) is 14.7. The van der Waals surface area contributed by atoms with Crippen LogP contribution in [0.15, 0.2) is 34.0 Å². The Morgan fingerprint density at radius 1 is 1.27 bits per heavy atom. The van der Waals surface area contributed by atoms with Crippen LogP contribution in [0.2, 0.25) is 0 Å². The lowest BCUT2D eigenvalue weighted by Crippen LogP contribution is -2.03. The van der Waals surface area contributed by atoms with Gasteiger partial charge in [0.1, 0.15) is 5.76 Å². The molecule has 8 heteroatoms. The zero-order valence-corrected chi connectivity index (χ0v) is 13.8. The van der Waals surface area contributed by atoms with E-state index in [-0.39, 0.29) is 0 Å². The molecule has 0 amide bonds. The van der Waals surface area contributed by atoms with Gasteiger partial charge in [0.05, 0.1) is 19.0 Å².